The molecule has 3 rings (SSSR count). The van der Waals surface area contributed by atoms with E-state index in [1.54, 1.807) is 11.8 Å². The fourth-order valence-electron chi connectivity index (χ4n) is 3.36. The van der Waals surface area contributed by atoms with E-state index in [2.05, 4.69) is 29.4 Å². The minimum absolute atomic E-state index is 0.0144. The topological polar surface area (TPSA) is 104 Å². The van der Waals surface area contributed by atoms with Crippen LogP contribution < -0.4 is 15.6 Å². The molecular formula is C22H28N4O4. The summed E-state index contributed by atoms with van der Waals surface area (Å²) in [5, 5.41) is 9.07. The van der Waals surface area contributed by atoms with E-state index in [1.807, 2.05) is 24.3 Å². The van der Waals surface area contributed by atoms with Crippen LogP contribution in [0.5, 0.6) is 5.75 Å². The van der Waals surface area contributed by atoms with Crippen molar-refractivity contribution < 1.29 is 14.3 Å². The van der Waals surface area contributed by atoms with Crippen LogP contribution in [0.15, 0.2) is 41.2 Å². The summed E-state index contributed by atoms with van der Waals surface area (Å²) in [6.07, 6.45) is 0.688. The minimum Gasteiger partial charge on any atom is -0.481 e. The second kappa shape index (κ2) is 9.56. The highest BCUT2D eigenvalue weighted by Crippen LogP contribution is 2.20. The average molecular weight is 412 g/mol. The fourth-order valence-corrected chi connectivity index (χ4v) is 3.36. The molecule has 0 spiro atoms. The standard InChI is InChI=1S/C22H28N4O4/c1-14(2)16-4-6-18(7-5-16)30-15(3)21(28)23-17-10-12-26(13-11-17)22(29)19-8-9-20(27)25-24-19/h4-9,14-15,17H,10-13H2,1-3H3,(H,23,28)(H,25,27). The summed E-state index contributed by atoms with van der Waals surface area (Å²) in [6, 6.07) is 10.5. The Hall–Kier alpha value is -3.16. The number of nitrogens with zero attached hydrogens (tertiary/aromatic N) is 2. The van der Waals surface area contributed by atoms with Gasteiger partial charge in [0.15, 0.2) is 6.10 Å². The second-order valence-corrected chi connectivity index (χ2v) is 7.87. The Kier molecular flexibility index (Phi) is 6.87. The van der Waals surface area contributed by atoms with Crippen molar-refractivity contribution >= 4 is 11.8 Å². The third-order valence-electron chi connectivity index (χ3n) is 5.26. The first-order valence-corrected chi connectivity index (χ1v) is 10.3. The van der Waals surface area contributed by atoms with Gasteiger partial charge in [0.2, 0.25) is 0 Å². The molecule has 2 amide bonds. The molecule has 2 heterocycles. The highest BCUT2D eigenvalue weighted by atomic mass is 16.5. The molecule has 0 bridgehead atoms. The molecule has 1 aromatic carbocycles. The van der Waals surface area contributed by atoms with Crippen LogP contribution in [-0.2, 0) is 4.79 Å². The van der Waals surface area contributed by atoms with Crippen molar-refractivity contribution in [1.29, 1.82) is 0 Å². The predicted octanol–water partition coefficient (Wildman–Crippen LogP) is 2.08. The van der Waals surface area contributed by atoms with Crippen LogP contribution in [0, 0.1) is 0 Å². The number of ether oxygens (including phenoxy) is 1. The van der Waals surface area contributed by atoms with E-state index in [0.717, 1.165) is 0 Å². The van der Waals surface area contributed by atoms with Crippen molar-refractivity contribution in [3.05, 3.63) is 58.0 Å². The molecule has 1 atom stereocenters. The summed E-state index contributed by atoms with van der Waals surface area (Å²) in [7, 11) is 0. The summed E-state index contributed by atoms with van der Waals surface area (Å²) in [5.74, 6) is 0.709. The first kappa shape index (κ1) is 21.5. The number of hydrogen-bond acceptors (Lipinski definition) is 5. The van der Waals surface area contributed by atoms with E-state index >= 15 is 0 Å². The highest BCUT2D eigenvalue weighted by molar-refractivity contribution is 5.92. The summed E-state index contributed by atoms with van der Waals surface area (Å²) in [5.41, 5.74) is 1.08. The number of H-pyrrole nitrogens is 1. The zero-order valence-electron chi connectivity index (χ0n) is 17.6. The quantitative estimate of drug-likeness (QED) is 0.756. The lowest BCUT2D eigenvalue weighted by Crippen LogP contribution is -2.49. The van der Waals surface area contributed by atoms with E-state index in [9.17, 15) is 14.4 Å². The Balaban J connectivity index is 1.46. The van der Waals surface area contributed by atoms with Gasteiger partial charge in [0.1, 0.15) is 11.4 Å². The van der Waals surface area contributed by atoms with Crippen molar-refractivity contribution in [2.45, 2.75) is 51.7 Å². The number of benzene rings is 1. The van der Waals surface area contributed by atoms with Crippen molar-refractivity contribution in [2.75, 3.05) is 13.1 Å². The lowest BCUT2D eigenvalue weighted by Gasteiger charge is -2.32. The van der Waals surface area contributed by atoms with Gasteiger partial charge in [-0.25, -0.2) is 5.10 Å². The van der Waals surface area contributed by atoms with Crippen molar-refractivity contribution in [3.8, 4) is 5.75 Å². The molecule has 0 saturated carbocycles. The van der Waals surface area contributed by atoms with E-state index < -0.39 is 6.10 Å². The van der Waals surface area contributed by atoms with Gasteiger partial charge in [0, 0.05) is 25.2 Å². The third-order valence-corrected chi connectivity index (χ3v) is 5.26. The lowest BCUT2D eigenvalue weighted by atomic mass is 10.0. The van der Waals surface area contributed by atoms with E-state index in [0.29, 0.717) is 37.6 Å². The number of carbonyl (C=O) groups is 2. The fraction of sp³-hybridized carbons (Fsp3) is 0.455. The molecule has 0 aliphatic carbocycles. The van der Waals surface area contributed by atoms with Crippen LogP contribution in [0.1, 0.15) is 55.6 Å². The Morgan fingerprint density at radius 3 is 2.33 bits per heavy atom. The normalized spacial score (nSPS) is 15.7. The Labute approximate surface area is 175 Å². The van der Waals surface area contributed by atoms with Crippen molar-refractivity contribution in [1.82, 2.24) is 20.4 Å². The molecule has 30 heavy (non-hydrogen) atoms. The summed E-state index contributed by atoms with van der Waals surface area (Å²) >= 11 is 0. The van der Waals surface area contributed by atoms with Gasteiger partial charge < -0.3 is 15.0 Å². The number of nitrogens with one attached hydrogen (secondary N) is 2. The Morgan fingerprint density at radius 1 is 1.10 bits per heavy atom. The number of piperidine rings is 1. The summed E-state index contributed by atoms with van der Waals surface area (Å²) in [6.45, 7) is 7.00. The van der Waals surface area contributed by atoms with Gasteiger partial charge in [-0.15, -0.1) is 0 Å². The number of hydrogen-bond donors (Lipinski definition) is 2. The molecule has 1 fully saturated rings. The molecule has 0 radical (unpaired) electrons. The number of amides is 2. The number of carbonyl (C=O) groups excluding carboxylic acids is 2. The zero-order valence-corrected chi connectivity index (χ0v) is 17.6. The van der Waals surface area contributed by atoms with Gasteiger partial charge in [-0.05, 0) is 49.4 Å². The summed E-state index contributed by atoms with van der Waals surface area (Å²) < 4.78 is 5.77. The molecule has 2 N–H and O–H groups in total. The third kappa shape index (κ3) is 5.46. The van der Waals surface area contributed by atoms with Crippen LogP contribution in [-0.4, -0.2) is 52.1 Å². The first-order chi connectivity index (χ1) is 14.3. The molecule has 1 unspecified atom stereocenters. The van der Waals surface area contributed by atoms with Gasteiger partial charge >= 0.3 is 0 Å². The van der Waals surface area contributed by atoms with Crippen molar-refractivity contribution in [3.63, 3.8) is 0 Å². The minimum atomic E-state index is -0.611. The molecule has 8 heteroatoms. The van der Waals surface area contributed by atoms with Crippen LogP contribution in [0.2, 0.25) is 0 Å². The molecule has 160 valence electrons. The maximum Gasteiger partial charge on any atom is 0.274 e. The molecule has 1 aliphatic rings. The molecule has 1 aliphatic heterocycles. The number of aromatic nitrogens is 2. The van der Waals surface area contributed by atoms with Crippen LogP contribution in [0.25, 0.3) is 0 Å². The molecule has 8 nitrogen and oxygen atoms in total. The zero-order chi connectivity index (χ0) is 21.7. The Morgan fingerprint density at radius 2 is 1.77 bits per heavy atom. The largest absolute Gasteiger partial charge is 0.481 e. The smallest absolute Gasteiger partial charge is 0.274 e. The maximum absolute atomic E-state index is 12.5. The van der Waals surface area contributed by atoms with Crippen LogP contribution in [0.3, 0.4) is 0 Å². The number of likely N-dealkylation sites (tertiary alicyclic amines) is 1. The van der Waals surface area contributed by atoms with E-state index in [4.69, 9.17) is 4.74 Å². The SMILES string of the molecule is CC(Oc1ccc(C(C)C)cc1)C(=O)NC1CCN(C(=O)c2ccc(=O)[nH]n2)CC1. The van der Waals surface area contributed by atoms with Gasteiger partial charge in [0.05, 0.1) is 0 Å². The Bertz CT molecular complexity index is 910. The van der Waals surface area contributed by atoms with Gasteiger partial charge in [-0.1, -0.05) is 26.0 Å². The monoisotopic (exact) mass is 412 g/mol. The molecule has 1 aromatic heterocycles. The number of rotatable bonds is 6. The van der Waals surface area contributed by atoms with E-state index in [1.165, 1.54) is 17.7 Å². The molecular weight excluding hydrogens is 384 g/mol. The van der Waals surface area contributed by atoms with Gasteiger partial charge in [-0.2, -0.15) is 5.10 Å². The second-order valence-electron chi connectivity index (χ2n) is 7.87. The number of aromatic amines is 1. The average Bonchev–Trinajstić information content (AvgIpc) is 2.74. The summed E-state index contributed by atoms with van der Waals surface area (Å²) in [4.78, 5) is 37.7. The van der Waals surface area contributed by atoms with Crippen molar-refractivity contribution in [2.24, 2.45) is 0 Å². The lowest BCUT2D eigenvalue weighted by molar-refractivity contribution is -0.128. The molecule has 2 aromatic rings. The highest BCUT2D eigenvalue weighted by Gasteiger charge is 2.27. The predicted molar refractivity (Wildman–Crippen MR) is 113 cm³/mol. The van der Waals surface area contributed by atoms with Gasteiger partial charge in [0.25, 0.3) is 17.4 Å². The van der Waals surface area contributed by atoms with E-state index in [-0.39, 0.29) is 29.1 Å². The van der Waals surface area contributed by atoms with Gasteiger partial charge in [-0.3, -0.25) is 14.4 Å². The van der Waals surface area contributed by atoms with Crippen LogP contribution >= 0.6 is 0 Å². The van der Waals surface area contributed by atoms with Crippen LogP contribution in [0.4, 0.5) is 0 Å². The first-order valence-electron chi connectivity index (χ1n) is 10.3. The molecule has 1 saturated heterocycles. The maximum atomic E-state index is 12.5.